The van der Waals surface area contributed by atoms with E-state index in [4.69, 9.17) is 8.83 Å². The van der Waals surface area contributed by atoms with Crippen LogP contribution in [0.5, 0.6) is 0 Å². The van der Waals surface area contributed by atoms with Crippen LogP contribution in [-0.4, -0.2) is 11.3 Å². The van der Waals surface area contributed by atoms with E-state index >= 15 is 0 Å². The zero-order chi connectivity index (χ0) is 55.9. The molecule has 2 aliphatic heterocycles. The lowest BCUT2D eigenvalue weighted by atomic mass is 9.33. The highest BCUT2D eigenvalue weighted by Crippen LogP contribution is 2.52. The number of anilines is 6. The third-order valence-electron chi connectivity index (χ3n) is 17.7. The molecule has 12 aromatic carbocycles. The molecule has 0 radical (unpaired) electrons. The maximum absolute atomic E-state index is 10.2. The molecule has 0 bridgehead atoms. The predicted molar refractivity (Wildman–Crippen MR) is 349 cm³/mol. The molecule has 2 aliphatic rings. The molecule has 0 N–H and O–H groups in total. The van der Waals surface area contributed by atoms with Crippen molar-refractivity contribution in [2.75, 3.05) is 9.80 Å². The summed E-state index contributed by atoms with van der Waals surface area (Å²) in [5.74, 6) is 0. The van der Waals surface area contributed by atoms with Gasteiger partial charge in [-0.2, -0.15) is 5.26 Å². The Labute approximate surface area is 486 Å². The number of furan rings is 2. The van der Waals surface area contributed by atoms with E-state index in [0.29, 0.717) is 5.56 Å². The highest BCUT2D eigenvalue weighted by Gasteiger charge is 2.45. The fraction of sp³-hybridized carbons (Fsp3) is 0.0519. The number of hydrogen-bond donors (Lipinski definition) is 0. The van der Waals surface area contributed by atoms with E-state index < -0.39 is 0 Å². The molecular weight excluding hydrogens is 1020 g/mol. The average molecular weight is 1080 g/mol. The van der Waals surface area contributed by atoms with E-state index in [-0.39, 0.29) is 12.1 Å². The van der Waals surface area contributed by atoms with Crippen LogP contribution in [0.15, 0.2) is 264 Å². The first-order valence-electron chi connectivity index (χ1n) is 28.8. The van der Waals surface area contributed by atoms with Gasteiger partial charge in [0.2, 0.25) is 0 Å². The monoisotopic (exact) mass is 1070 g/mol. The van der Waals surface area contributed by atoms with Crippen LogP contribution in [0.3, 0.4) is 0 Å². The maximum Gasteiger partial charge on any atom is 0.252 e. The molecule has 7 heteroatoms. The molecule has 0 spiro atoms. The molecule has 15 aromatic rings. The van der Waals surface area contributed by atoms with Crippen molar-refractivity contribution < 1.29 is 8.83 Å². The molecule has 3 aromatic heterocycles. The summed E-state index contributed by atoms with van der Waals surface area (Å²) in [4.78, 5) is 5.11. The number of aromatic nitrogens is 1. The molecule has 17 rings (SSSR count). The second-order valence-electron chi connectivity index (χ2n) is 23.5. The molecular formula is C77H51BN4O2. The summed E-state index contributed by atoms with van der Waals surface area (Å²) in [5, 5.41) is 16.5. The first-order valence-corrected chi connectivity index (χ1v) is 28.8. The maximum atomic E-state index is 10.2. The van der Waals surface area contributed by atoms with E-state index in [1.54, 1.807) is 0 Å². The Hall–Kier alpha value is -10.8. The molecule has 0 fully saturated rings. The normalized spacial score (nSPS) is 12.9. The van der Waals surface area contributed by atoms with Crippen molar-refractivity contribution in [3.8, 4) is 45.1 Å². The van der Waals surface area contributed by atoms with Crippen LogP contribution in [0.1, 0.15) is 31.9 Å². The van der Waals surface area contributed by atoms with Crippen molar-refractivity contribution in [1.29, 1.82) is 5.26 Å². The highest BCUT2D eigenvalue weighted by atomic mass is 16.3. The Morgan fingerprint density at radius 2 is 0.905 bits per heavy atom. The van der Waals surface area contributed by atoms with Crippen LogP contribution < -0.4 is 26.2 Å². The van der Waals surface area contributed by atoms with Crippen molar-refractivity contribution in [1.82, 2.24) is 4.57 Å². The van der Waals surface area contributed by atoms with E-state index in [0.717, 1.165) is 139 Å². The molecule has 394 valence electrons. The fourth-order valence-electron chi connectivity index (χ4n) is 13.8. The number of nitrogens with zero attached hydrogens (tertiary/aromatic N) is 4. The number of benzene rings is 12. The highest BCUT2D eigenvalue weighted by molar-refractivity contribution is 7.00. The van der Waals surface area contributed by atoms with Gasteiger partial charge in [-0.3, -0.25) is 0 Å². The van der Waals surface area contributed by atoms with Gasteiger partial charge in [0.25, 0.3) is 6.71 Å². The summed E-state index contributed by atoms with van der Waals surface area (Å²) in [6, 6.07) is 94.6. The number of nitriles is 1. The van der Waals surface area contributed by atoms with Gasteiger partial charge in [-0.15, -0.1) is 0 Å². The van der Waals surface area contributed by atoms with Gasteiger partial charge >= 0.3 is 0 Å². The number of rotatable bonds is 6. The lowest BCUT2D eigenvalue weighted by molar-refractivity contribution is 0.590. The van der Waals surface area contributed by atoms with E-state index in [9.17, 15) is 5.26 Å². The van der Waals surface area contributed by atoms with Crippen LogP contribution in [0.4, 0.5) is 34.1 Å². The Bertz CT molecular complexity index is 5280. The molecule has 0 saturated heterocycles. The Balaban J connectivity index is 1.00. The Kier molecular flexibility index (Phi) is 10.3. The lowest BCUT2D eigenvalue weighted by Gasteiger charge is -2.45. The average Bonchev–Trinajstić information content (AvgIpc) is 0.770. The largest absolute Gasteiger partial charge is 0.456 e. The molecule has 0 atom stereocenters. The van der Waals surface area contributed by atoms with Gasteiger partial charge in [-0.05, 0) is 164 Å². The third kappa shape index (κ3) is 7.17. The molecule has 0 saturated carbocycles. The summed E-state index contributed by atoms with van der Waals surface area (Å²) >= 11 is 0. The molecule has 5 heterocycles. The summed E-state index contributed by atoms with van der Waals surface area (Å²) in [6.45, 7) is 6.79. The van der Waals surface area contributed by atoms with E-state index in [2.05, 4.69) is 284 Å². The molecule has 0 unspecified atom stereocenters. The topological polar surface area (TPSA) is 61.5 Å². The zero-order valence-electron chi connectivity index (χ0n) is 46.4. The van der Waals surface area contributed by atoms with Crippen molar-refractivity contribution >= 4 is 123 Å². The van der Waals surface area contributed by atoms with Gasteiger partial charge in [-0.25, -0.2) is 0 Å². The Morgan fingerprint density at radius 3 is 1.49 bits per heavy atom. The van der Waals surface area contributed by atoms with Crippen LogP contribution >= 0.6 is 0 Å². The van der Waals surface area contributed by atoms with Crippen molar-refractivity contribution in [3.63, 3.8) is 0 Å². The quantitative estimate of drug-likeness (QED) is 0.155. The number of fused-ring (bicyclic) bond motifs is 13. The Morgan fingerprint density at radius 1 is 0.369 bits per heavy atom. The van der Waals surface area contributed by atoms with Gasteiger partial charge in [-0.1, -0.05) is 172 Å². The lowest BCUT2D eigenvalue weighted by Crippen LogP contribution is -2.61. The first-order chi connectivity index (χ1) is 41.2. The van der Waals surface area contributed by atoms with E-state index in [1.165, 1.54) is 22.0 Å². The van der Waals surface area contributed by atoms with Gasteiger partial charge < -0.3 is 23.2 Å². The van der Waals surface area contributed by atoms with Crippen molar-refractivity contribution in [2.24, 2.45) is 0 Å². The second-order valence-corrected chi connectivity index (χ2v) is 23.5. The van der Waals surface area contributed by atoms with Gasteiger partial charge in [0.15, 0.2) is 0 Å². The number of para-hydroxylation sites is 1. The summed E-state index contributed by atoms with van der Waals surface area (Å²) in [5.41, 5.74) is 25.0. The SMILES string of the molecule is CC(C)(C)c1cc2c3c(c1)N(c1cccc4oc5ccc(-c6ccccc6)cc5c14)c1cc(-n4c5ccccc5c5cc(C#N)ccc54)ccc1B3c1cc(-c3ccccc3)ccc1N2c1cccc2oc3ccc(-c4ccccc4)cc3c12. The molecule has 84 heavy (non-hydrogen) atoms. The molecule has 0 aliphatic carbocycles. The van der Waals surface area contributed by atoms with Gasteiger partial charge in [0, 0.05) is 50.0 Å². The molecule has 6 nitrogen and oxygen atoms in total. The minimum Gasteiger partial charge on any atom is -0.456 e. The first kappa shape index (κ1) is 48.0. The van der Waals surface area contributed by atoms with Crippen LogP contribution in [0.2, 0.25) is 0 Å². The number of hydrogen-bond acceptors (Lipinski definition) is 5. The molecule has 0 amide bonds. The smallest absolute Gasteiger partial charge is 0.252 e. The zero-order valence-corrected chi connectivity index (χ0v) is 46.4. The van der Waals surface area contributed by atoms with Crippen LogP contribution in [0, 0.1) is 11.3 Å². The second kappa shape index (κ2) is 18.1. The van der Waals surface area contributed by atoms with Crippen LogP contribution in [0.25, 0.3) is 105 Å². The van der Waals surface area contributed by atoms with Crippen molar-refractivity contribution in [3.05, 3.63) is 266 Å². The van der Waals surface area contributed by atoms with Gasteiger partial charge in [0.05, 0.1) is 44.8 Å². The summed E-state index contributed by atoms with van der Waals surface area (Å²) < 4.78 is 16.1. The van der Waals surface area contributed by atoms with Gasteiger partial charge in [0.1, 0.15) is 22.3 Å². The minimum absolute atomic E-state index is 0.203. The van der Waals surface area contributed by atoms with Crippen LogP contribution in [-0.2, 0) is 5.41 Å². The summed E-state index contributed by atoms with van der Waals surface area (Å²) in [6.07, 6.45) is 0. The standard InChI is InChI=1S/C77H51BN4O2/c1-77(2,3)54-43-68-76-69(44-54)82(66-26-16-28-73-75(66)59-41-52(32-38-71(59)84-73)49-19-9-5-10-20-49)67-45-55(80-62-24-14-13-23-56(62)57-39-47(46-79)29-35-63(57)80)33-34-60(67)78(76)61-42-53(50-21-11-6-12-22-50)30-36-64(61)81(68)65-25-15-27-72-74(65)58-40-51(31-37-70(58)83-72)48-17-7-4-8-18-48/h4-45H,1-3H3. The van der Waals surface area contributed by atoms with E-state index in [1.807, 2.05) is 12.1 Å². The van der Waals surface area contributed by atoms with Crippen molar-refractivity contribution in [2.45, 2.75) is 26.2 Å². The summed E-state index contributed by atoms with van der Waals surface area (Å²) in [7, 11) is 0. The predicted octanol–water partition coefficient (Wildman–Crippen LogP) is 18.8. The fourth-order valence-corrected chi connectivity index (χ4v) is 13.8. The third-order valence-corrected chi connectivity index (χ3v) is 17.7. The minimum atomic E-state index is -0.277.